The number of imidazole rings is 1. The molecule has 0 spiro atoms. The Hall–Kier alpha value is -2.75. The zero-order valence-electron chi connectivity index (χ0n) is 15.9. The van der Waals surface area contributed by atoms with Crippen LogP contribution in [0.25, 0.3) is 22.1 Å². The fourth-order valence-electron chi connectivity index (χ4n) is 4.09. The van der Waals surface area contributed by atoms with E-state index in [0.717, 1.165) is 25.0 Å². The second kappa shape index (κ2) is 6.65. The summed E-state index contributed by atoms with van der Waals surface area (Å²) in [5.74, 6) is 0.571. The highest BCUT2D eigenvalue weighted by molar-refractivity contribution is 7.90. The number of fused-ring (bicyclic) bond motifs is 3. The largest absolute Gasteiger partial charge is 0.385 e. The Labute approximate surface area is 167 Å². The van der Waals surface area contributed by atoms with Gasteiger partial charge >= 0.3 is 0 Å². The van der Waals surface area contributed by atoms with Crippen molar-refractivity contribution in [3.63, 3.8) is 0 Å². The van der Waals surface area contributed by atoms with Gasteiger partial charge in [-0.1, -0.05) is 18.2 Å². The van der Waals surface area contributed by atoms with Gasteiger partial charge < -0.3 is 15.0 Å². The van der Waals surface area contributed by atoms with E-state index in [4.69, 9.17) is 0 Å². The van der Waals surface area contributed by atoms with Crippen LogP contribution in [0, 0.1) is 0 Å². The molecule has 0 unspecified atom stereocenters. The summed E-state index contributed by atoms with van der Waals surface area (Å²) < 4.78 is 29.6. The predicted octanol–water partition coefficient (Wildman–Crippen LogP) is 2.21. The van der Waals surface area contributed by atoms with Gasteiger partial charge in [0, 0.05) is 24.2 Å². The Morgan fingerprint density at radius 1 is 1.24 bits per heavy atom. The molecule has 0 saturated carbocycles. The molecule has 1 aromatic carbocycles. The minimum atomic E-state index is -3.77. The second-order valence-electron chi connectivity index (χ2n) is 7.32. The SMILES string of the molecule is C[C@@H](O)c1nc2cnc3c(ccn3S(=O)(=O)c3ccccc3)c2n1[C@H]1CCNC1. The lowest BCUT2D eigenvalue weighted by molar-refractivity contribution is 0.182. The third kappa shape index (κ3) is 2.77. The fourth-order valence-corrected chi connectivity index (χ4v) is 5.41. The van der Waals surface area contributed by atoms with Gasteiger partial charge in [0.2, 0.25) is 0 Å². The van der Waals surface area contributed by atoms with Crippen LogP contribution in [-0.4, -0.2) is 45.1 Å². The molecule has 1 aliphatic rings. The summed E-state index contributed by atoms with van der Waals surface area (Å²) >= 11 is 0. The van der Waals surface area contributed by atoms with E-state index >= 15 is 0 Å². The molecule has 0 radical (unpaired) electrons. The van der Waals surface area contributed by atoms with Gasteiger partial charge in [-0.05, 0) is 38.1 Å². The number of aliphatic hydroxyl groups is 1. The van der Waals surface area contributed by atoms with Crippen LogP contribution in [0.15, 0.2) is 53.7 Å². The van der Waals surface area contributed by atoms with Gasteiger partial charge in [-0.15, -0.1) is 0 Å². The zero-order chi connectivity index (χ0) is 20.2. The van der Waals surface area contributed by atoms with Crippen LogP contribution in [0.3, 0.4) is 0 Å². The highest BCUT2D eigenvalue weighted by Gasteiger charge is 2.27. The van der Waals surface area contributed by atoms with Crippen molar-refractivity contribution in [2.45, 2.75) is 30.4 Å². The van der Waals surface area contributed by atoms with Gasteiger partial charge in [-0.25, -0.2) is 22.4 Å². The molecule has 4 aromatic rings. The molecule has 2 N–H and O–H groups in total. The first-order valence-electron chi connectivity index (χ1n) is 9.56. The Kier molecular flexibility index (Phi) is 4.19. The number of rotatable bonds is 4. The van der Waals surface area contributed by atoms with Gasteiger partial charge in [0.15, 0.2) is 5.65 Å². The highest BCUT2D eigenvalue weighted by Crippen LogP contribution is 2.33. The van der Waals surface area contributed by atoms with Crippen molar-refractivity contribution in [3.8, 4) is 0 Å². The van der Waals surface area contributed by atoms with Crippen molar-refractivity contribution in [3.05, 3.63) is 54.6 Å². The second-order valence-corrected chi connectivity index (χ2v) is 9.14. The number of nitrogens with zero attached hydrogens (tertiary/aromatic N) is 4. The molecule has 0 aliphatic carbocycles. The monoisotopic (exact) mass is 411 g/mol. The van der Waals surface area contributed by atoms with Crippen LogP contribution < -0.4 is 5.32 Å². The Balaban J connectivity index is 1.79. The van der Waals surface area contributed by atoms with E-state index in [-0.39, 0.29) is 10.9 Å². The van der Waals surface area contributed by atoms with E-state index in [0.29, 0.717) is 22.4 Å². The molecule has 1 aliphatic heterocycles. The molecule has 3 aromatic heterocycles. The van der Waals surface area contributed by atoms with E-state index in [9.17, 15) is 13.5 Å². The normalized spacial score (nSPS) is 18.6. The molecule has 29 heavy (non-hydrogen) atoms. The summed E-state index contributed by atoms with van der Waals surface area (Å²) in [5, 5.41) is 14.3. The average molecular weight is 411 g/mol. The summed E-state index contributed by atoms with van der Waals surface area (Å²) in [6.45, 7) is 3.36. The van der Waals surface area contributed by atoms with Crippen LogP contribution in [-0.2, 0) is 10.0 Å². The topological polar surface area (TPSA) is 102 Å². The lowest BCUT2D eigenvalue weighted by atomic mass is 10.2. The number of hydrogen-bond donors (Lipinski definition) is 2. The summed E-state index contributed by atoms with van der Waals surface area (Å²) in [7, 11) is -3.77. The summed E-state index contributed by atoms with van der Waals surface area (Å²) in [6.07, 6.45) is 3.29. The quantitative estimate of drug-likeness (QED) is 0.534. The molecular formula is C20H21N5O3S. The van der Waals surface area contributed by atoms with E-state index < -0.39 is 16.1 Å². The predicted molar refractivity (Wildman–Crippen MR) is 109 cm³/mol. The van der Waals surface area contributed by atoms with Gasteiger partial charge in [-0.3, -0.25) is 0 Å². The molecule has 150 valence electrons. The molecule has 1 saturated heterocycles. The first-order chi connectivity index (χ1) is 14.0. The van der Waals surface area contributed by atoms with E-state index in [1.165, 1.54) is 10.2 Å². The lowest BCUT2D eigenvalue weighted by Crippen LogP contribution is -2.17. The summed E-state index contributed by atoms with van der Waals surface area (Å²) in [6, 6.07) is 10.2. The van der Waals surface area contributed by atoms with Crippen molar-refractivity contribution in [2.75, 3.05) is 13.1 Å². The van der Waals surface area contributed by atoms with Crippen molar-refractivity contribution >= 4 is 32.1 Å². The Morgan fingerprint density at radius 3 is 2.72 bits per heavy atom. The first-order valence-corrected chi connectivity index (χ1v) is 11.0. The number of nitrogens with one attached hydrogen (secondary N) is 1. The van der Waals surface area contributed by atoms with Gasteiger partial charge in [0.05, 0.1) is 16.6 Å². The maximum absolute atomic E-state index is 13.2. The average Bonchev–Trinajstić information content (AvgIpc) is 3.44. The molecule has 1 fully saturated rings. The van der Waals surface area contributed by atoms with Crippen LogP contribution in [0.2, 0.25) is 0 Å². The smallest absolute Gasteiger partial charge is 0.269 e. The van der Waals surface area contributed by atoms with Crippen molar-refractivity contribution in [1.82, 2.24) is 23.8 Å². The maximum atomic E-state index is 13.2. The first kappa shape index (κ1) is 18.3. The number of benzene rings is 1. The van der Waals surface area contributed by atoms with Crippen molar-refractivity contribution < 1.29 is 13.5 Å². The lowest BCUT2D eigenvalue weighted by Gasteiger charge is -2.17. The van der Waals surface area contributed by atoms with E-state index in [1.807, 2.05) is 4.57 Å². The molecule has 0 amide bonds. The van der Waals surface area contributed by atoms with Crippen LogP contribution in [0.5, 0.6) is 0 Å². The van der Waals surface area contributed by atoms with Crippen LogP contribution >= 0.6 is 0 Å². The van der Waals surface area contributed by atoms with Crippen LogP contribution in [0.4, 0.5) is 0 Å². The Bertz CT molecular complexity index is 1300. The number of hydrogen-bond acceptors (Lipinski definition) is 6. The van der Waals surface area contributed by atoms with Crippen molar-refractivity contribution in [2.24, 2.45) is 0 Å². The van der Waals surface area contributed by atoms with Crippen molar-refractivity contribution in [1.29, 1.82) is 0 Å². The molecule has 2 atom stereocenters. The zero-order valence-corrected chi connectivity index (χ0v) is 16.7. The van der Waals surface area contributed by atoms with E-state index in [2.05, 4.69) is 15.3 Å². The van der Waals surface area contributed by atoms with Crippen LogP contribution in [0.1, 0.15) is 31.3 Å². The molecule has 4 heterocycles. The number of aliphatic hydroxyl groups excluding tert-OH is 1. The third-order valence-corrected chi connectivity index (χ3v) is 7.11. The summed E-state index contributed by atoms with van der Waals surface area (Å²) in [5.41, 5.74) is 1.81. The maximum Gasteiger partial charge on any atom is 0.269 e. The Morgan fingerprint density at radius 2 is 2.03 bits per heavy atom. The highest BCUT2D eigenvalue weighted by atomic mass is 32.2. The van der Waals surface area contributed by atoms with E-state index in [1.54, 1.807) is 49.5 Å². The third-order valence-electron chi connectivity index (χ3n) is 5.43. The molecule has 0 bridgehead atoms. The molecule has 9 heteroatoms. The number of aromatic nitrogens is 4. The van der Waals surface area contributed by atoms with Gasteiger partial charge in [0.25, 0.3) is 10.0 Å². The molecular weight excluding hydrogens is 390 g/mol. The van der Waals surface area contributed by atoms with Gasteiger partial charge in [-0.2, -0.15) is 0 Å². The molecule has 8 nitrogen and oxygen atoms in total. The van der Waals surface area contributed by atoms with Gasteiger partial charge in [0.1, 0.15) is 17.4 Å². The minimum absolute atomic E-state index is 0.143. The fraction of sp³-hybridized carbons (Fsp3) is 0.300. The summed E-state index contributed by atoms with van der Waals surface area (Å²) in [4.78, 5) is 9.22. The minimum Gasteiger partial charge on any atom is -0.385 e. The molecule has 5 rings (SSSR count). The standard InChI is InChI=1S/C20H21N5O3S/c1-13(26)19-23-17-12-22-20-16(18(17)25(19)14-7-9-21-11-14)8-10-24(20)29(27,28)15-5-3-2-4-6-15/h2-6,8,10,12-14,21,26H,7,9,11H2,1H3/t13-,14+/m1/s1. The number of pyridine rings is 1.